The van der Waals surface area contributed by atoms with Gasteiger partial charge in [-0.2, -0.15) is 5.26 Å². The van der Waals surface area contributed by atoms with Gasteiger partial charge in [-0.15, -0.1) is 11.6 Å². The summed E-state index contributed by atoms with van der Waals surface area (Å²) in [5, 5.41) is 8.48. The van der Waals surface area contributed by atoms with Crippen LogP contribution in [0.2, 0.25) is 0 Å². The number of rotatable bonds is 3. The lowest BCUT2D eigenvalue weighted by atomic mass is 10.0. The lowest BCUT2D eigenvalue weighted by Crippen LogP contribution is -1.92. The minimum atomic E-state index is 0.525. The van der Waals surface area contributed by atoms with Crippen molar-refractivity contribution in [1.29, 1.82) is 5.26 Å². The fourth-order valence-corrected chi connectivity index (χ4v) is 1.96. The van der Waals surface area contributed by atoms with E-state index >= 15 is 0 Å². The number of benzene rings is 1. The smallest absolute Gasteiger partial charge is 0.0625 e. The second-order valence-electron chi connectivity index (χ2n) is 2.70. The molecule has 0 radical (unpaired) electrons. The van der Waals surface area contributed by atoms with Crippen LogP contribution in [0.25, 0.3) is 0 Å². The van der Waals surface area contributed by atoms with Crippen LogP contribution in [0.1, 0.15) is 17.5 Å². The molecule has 1 rings (SSSR count). The van der Waals surface area contributed by atoms with Crippen molar-refractivity contribution < 1.29 is 0 Å². The number of hydrogen-bond donors (Lipinski definition) is 0. The summed E-state index contributed by atoms with van der Waals surface area (Å²) < 4.78 is 1.19. The third-order valence-corrected chi connectivity index (χ3v) is 2.78. The molecule has 0 saturated heterocycles. The maximum atomic E-state index is 8.48. The van der Waals surface area contributed by atoms with E-state index in [1.54, 1.807) is 0 Å². The summed E-state index contributed by atoms with van der Waals surface area (Å²) in [6, 6.07) is 8.30. The fourth-order valence-electron chi connectivity index (χ4n) is 1.15. The zero-order valence-electron chi connectivity index (χ0n) is 7.06. The highest BCUT2D eigenvalue weighted by molar-refractivity contribution is 14.1. The minimum Gasteiger partial charge on any atom is -0.198 e. The number of alkyl halides is 1. The molecule has 0 saturated carbocycles. The van der Waals surface area contributed by atoms with Crippen molar-refractivity contribution in [3.8, 4) is 6.07 Å². The summed E-state index contributed by atoms with van der Waals surface area (Å²) in [4.78, 5) is 0. The minimum absolute atomic E-state index is 0.525. The fraction of sp³-hybridized carbons (Fsp3) is 0.300. The number of nitrogens with zero attached hydrogens (tertiary/aromatic N) is 1. The third-order valence-electron chi connectivity index (χ3n) is 1.82. The van der Waals surface area contributed by atoms with Crippen molar-refractivity contribution in [2.24, 2.45) is 0 Å². The van der Waals surface area contributed by atoms with Crippen LogP contribution in [-0.4, -0.2) is 0 Å². The van der Waals surface area contributed by atoms with Gasteiger partial charge in [0, 0.05) is 15.9 Å². The third kappa shape index (κ3) is 3.17. The van der Waals surface area contributed by atoms with Crippen LogP contribution in [0.5, 0.6) is 0 Å². The molecule has 0 aliphatic carbocycles. The molecular formula is C10H9ClIN. The molecule has 0 unspecified atom stereocenters. The second kappa shape index (κ2) is 5.46. The highest BCUT2D eigenvalue weighted by Gasteiger charge is 2.01. The molecule has 0 N–H and O–H groups in total. The number of halogens is 2. The van der Waals surface area contributed by atoms with E-state index in [0.29, 0.717) is 12.3 Å². The number of hydrogen-bond acceptors (Lipinski definition) is 1. The Morgan fingerprint density at radius 3 is 2.77 bits per heavy atom. The highest BCUT2D eigenvalue weighted by Crippen LogP contribution is 2.17. The summed E-state index contributed by atoms with van der Waals surface area (Å²) >= 11 is 8.04. The standard InChI is InChI=1S/C10H9ClIN/c11-7-9-3-4-10(12)6-8(9)2-1-5-13/h3-4,6H,1-2,7H2. The Labute approximate surface area is 96.8 Å². The van der Waals surface area contributed by atoms with Crippen LogP contribution in [0.15, 0.2) is 18.2 Å². The maximum Gasteiger partial charge on any atom is 0.0625 e. The van der Waals surface area contributed by atoms with Gasteiger partial charge in [0.05, 0.1) is 6.07 Å². The molecule has 68 valence electrons. The average molecular weight is 306 g/mol. The molecule has 0 amide bonds. The first kappa shape index (κ1) is 10.8. The van der Waals surface area contributed by atoms with Crippen LogP contribution >= 0.6 is 34.2 Å². The van der Waals surface area contributed by atoms with E-state index < -0.39 is 0 Å². The van der Waals surface area contributed by atoms with Gasteiger partial charge in [-0.3, -0.25) is 0 Å². The Bertz CT molecular complexity index is 330. The lowest BCUT2D eigenvalue weighted by Gasteiger charge is -2.05. The predicted molar refractivity (Wildman–Crippen MR) is 62.7 cm³/mol. The van der Waals surface area contributed by atoms with E-state index in [4.69, 9.17) is 16.9 Å². The lowest BCUT2D eigenvalue weighted by molar-refractivity contribution is 0.990. The van der Waals surface area contributed by atoms with Crippen LogP contribution in [0.3, 0.4) is 0 Å². The molecule has 13 heavy (non-hydrogen) atoms. The number of aryl methyl sites for hydroxylation is 1. The Kier molecular flexibility index (Phi) is 4.54. The zero-order valence-corrected chi connectivity index (χ0v) is 9.97. The highest BCUT2D eigenvalue weighted by atomic mass is 127. The number of nitriles is 1. The summed E-state index contributed by atoms with van der Waals surface area (Å²) in [6.07, 6.45) is 1.36. The van der Waals surface area contributed by atoms with Gasteiger partial charge < -0.3 is 0 Å². The Hall–Kier alpha value is -0.270. The molecule has 0 aliphatic rings. The molecule has 3 heteroatoms. The molecule has 1 aromatic carbocycles. The molecular weight excluding hydrogens is 296 g/mol. The molecule has 1 aromatic rings. The molecule has 1 nitrogen and oxygen atoms in total. The average Bonchev–Trinajstić information content (AvgIpc) is 2.15. The Balaban J connectivity index is 2.89. The van der Waals surface area contributed by atoms with E-state index in [1.807, 2.05) is 12.1 Å². The van der Waals surface area contributed by atoms with Crippen LogP contribution in [0, 0.1) is 14.9 Å². The summed E-state index contributed by atoms with van der Waals surface area (Å²) in [7, 11) is 0. The van der Waals surface area contributed by atoms with Crippen LogP contribution in [-0.2, 0) is 12.3 Å². The van der Waals surface area contributed by atoms with Gasteiger partial charge in [-0.25, -0.2) is 0 Å². The zero-order chi connectivity index (χ0) is 9.68. The normalized spacial score (nSPS) is 9.62. The molecule has 0 aromatic heterocycles. The molecule has 0 aliphatic heterocycles. The topological polar surface area (TPSA) is 23.8 Å². The van der Waals surface area contributed by atoms with Gasteiger partial charge in [0.2, 0.25) is 0 Å². The maximum absolute atomic E-state index is 8.48. The van der Waals surface area contributed by atoms with E-state index in [1.165, 1.54) is 9.13 Å². The van der Waals surface area contributed by atoms with Crippen molar-refractivity contribution in [3.05, 3.63) is 32.9 Å². The molecule has 0 heterocycles. The van der Waals surface area contributed by atoms with Gasteiger partial charge in [-0.1, -0.05) is 6.07 Å². The van der Waals surface area contributed by atoms with Gasteiger partial charge in [0.1, 0.15) is 0 Å². The Morgan fingerprint density at radius 2 is 2.15 bits per heavy atom. The second-order valence-corrected chi connectivity index (χ2v) is 4.22. The van der Waals surface area contributed by atoms with Crippen molar-refractivity contribution in [2.75, 3.05) is 0 Å². The molecule has 0 fully saturated rings. The van der Waals surface area contributed by atoms with E-state index in [2.05, 4.69) is 34.7 Å². The summed E-state index contributed by atoms with van der Waals surface area (Å²) in [5.41, 5.74) is 2.33. The first-order chi connectivity index (χ1) is 6.27. The molecule has 0 spiro atoms. The largest absolute Gasteiger partial charge is 0.198 e. The summed E-state index contributed by atoms with van der Waals surface area (Å²) in [6.45, 7) is 0. The van der Waals surface area contributed by atoms with Crippen molar-refractivity contribution >= 4 is 34.2 Å². The summed E-state index contributed by atoms with van der Waals surface area (Å²) in [5.74, 6) is 0.525. The van der Waals surface area contributed by atoms with E-state index in [9.17, 15) is 0 Å². The van der Waals surface area contributed by atoms with Crippen LogP contribution in [0.4, 0.5) is 0 Å². The monoisotopic (exact) mass is 305 g/mol. The van der Waals surface area contributed by atoms with Crippen LogP contribution < -0.4 is 0 Å². The first-order valence-corrected chi connectivity index (χ1v) is 5.59. The molecule has 0 atom stereocenters. The van der Waals surface area contributed by atoms with E-state index in [0.717, 1.165) is 12.0 Å². The van der Waals surface area contributed by atoms with E-state index in [-0.39, 0.29) is 0 Å². The van der Waals surface area contributed by atoms with Crippen molar-refractivity contribution in [3.63, 3.8) is 0 Å². The molecule has 0 bridgehead atoms. The van der Waals surface area contributed by atoms with Gasteiger partial charge in [-0.05, 0) is 52.3 Å². The first-order valence-electron chi connectivity index (χ1n) is 3.98. The van der Waals surface area contributed by atoms with Crippen molar-refractivity contribution in [1.82, 2.24) is 0 Å². The quantitative estimate of drug-likeness (QED) is 0.619. The van der Waals surface area contributed by atoms with Gasteiger partial charge >= 0.3 is 0 Å². The van der Waals surface area contributed by atoms with Crippen molar-refractivity contribution in [2.45, 2.75) is 18.7 Å². The van der Waals surface area contributed by atoms with Gasteiger partial charge in [0.25, 0.3) is 0 Å². The predicted octanol–water partition coefficient (Wildman–Crippen LogP) is 3.49. The SMILES string of the molecule is N#CCCc1cc(I)ccc1CCl. The Morgan fingerprint density at radius 1 is 1.38 bits per heavy atom. The van der Waals surface area contributed by atoms with Gasteiger partial charge in [0.15, 0.2) is 0 Å².